The highest BCUT2D eigenvalue weighted by Crippen LogP contribution is 2.32. The van der Waals surface area contributed by atoms with Crippen LogP contribution in [0, 0.1) is 0 Å². The number of anilines is 1. The Morgan fingerprint density at radius 2 is 1.78 bits per heavy atom. The summed E-state index contributed by atoms with van der Waals surface area (Å²) in [4.78, 5) is 11.8. The Balaban J connectivity index is 1.87. The monoisotopic (exact) mass is 565 g/mol. The van der Waals surface area contributed by atoms with Crippen LogP contribution in [0.4, 0.5) is 5.69 Å². The molecule has 0 atom stereocenters. The van der Waals surface area contributed by atoms with Gasteiger partial charge in [0, 0.05) is 17.9 Å². The number of hydrazone groups is 1. The standard InChI is InChI=1S/C15H11Br4N3O/c16-10-3-1-2-9(4-10)7-21-22-15(23)8-20-14-6-12(18)11(17)5-13(14)19/h1-7,20H,8H2,(H,22,23). The van der Waals surface area contributed by atoms with E-state index in [2.05, 4.69) is 79.6 Å². The van der Waals surface area contributed by atoms with Gasteiger partial charge in [0.25, 0.3) is 5.91 Å². The summed E-state index contributed by atoms with van der Waals surface area (Å²) in [5, 5.41) is 6.98. The van der Waals surface area contributed by atoms with Gasteiger partial charge in [-0.25, -0.2) is 5.43 Å². The summed E-state index contributed by atoms with van der Waals surface area (Å²) in [6, 6.07) is 11.4. The Morgan fingerprint density at radius 3 is 2.52 bits per heavy atom. The summed E-state index contributed by atoms with van der Waals surface area (Å²) in [6.45, 7) is 0.114. The third-order valence-corrected chi connectivity index (χ3v) is 5.69. The molecule has 1 amide bonds. The summed E-state index contributed by atoms with van der Waals surface area (Å²) < 4.78 is 3.65. The molecule has 0 unspecified atom stereocenters. The van der Waals surface area contributed by atoms with Crippen LogP contribution < -0.4 is 10.7 Å². The van der Waals surface area contributed by atoms with Gasteiger partial charge in [0.1, 0.15) is 0 Å². The first-order chi connectivity index (χ1) is 11.0. The van der Waals surface area contributed by atoms with Gasteiger partial charge in [-0.05, 0) is 77.6 Å². The van der Waals surface area contributed by atoms with Crippen molar-refractivity contribution in [3.8, 4) is 0 Å². The SMILES string of the molecule is O=C(CNc1cc(Br)c(Br)cc1Br)NN=Cc1cccc(Br)c1. The number of hydrogen-bond donors (Lipinski definition) is 2. The van der Waals surface area contributed by atoms with Crippen LogP contribution in [0.3, 0.4) is 0 Å². The van der Waals surface area contributed by atoms with Gasteiger partial charge in [-0.2, -0.15) is 5.10 Å². The van der Waals surface area contributed by atoms with E-state index in [-0.39, 0.29) is 12.5 Å². The highest BCUT2D eigenvalue weighted by Gasteiger charge is 2.06. The van der Waals surface area contributed by atoms with Gasteiger partial charge in [-0.1, -0.05) is 28.1 Å². The molecule has 0 aliphatic rings. The molecule has 0 bridgehead atoms. The van der Waals surface area contributed by atoms with Crippen molar-refractivity contribution in [2.45, 2.75) is 0 Å². The number of halogens is 4. The summed E-state index contributed by atoms with van der Waals surface area (Å²) >= 11 is 13.7. The van der Waals surface area contributed by atoms with E-state index in [1.54, 1.807) is 6.21 Å². The highest BCUT2D eigenvalue weighted by atomic mass is 79.9. The first kappa shape index (κ1) is 18.6. The smallest absolute Gasteiger partial charge is 0.259 e. The Kier molecular flexibility index (Phi) is 7.26. The second kappa shape index (κ2) is 8.96. The fourth-order valence-electron chi connectivity index (χ4n) is 1.64. The van der Waals surface area contributed by atoms with Crippen LogP contribution >= 0.6 is 63.7 Å². The van der Waals surface area contributed by atoms with Crippen LogP contribution in [0.15, 0.2) is 59.4 Å². The zero-order valence-electron chi connectivity index (χ0n) is 11.6. The molecule has 0 aromatic heterocycles. The topological polar surface area (TPSA) is 53.5 Å². The zero-order chi connectivity index (χ0) is 16.8. The van der Waals surface area contributed by atoms with Crippen LogP contribution in [-0.2, 0) is 4.79 Å². The maximum Gasteiger partial charge on any atom is 0.259 e. The fraction of sp³-hybridized carbons (Fsp3) is 0.0667. The van der Waals surface area contributed by atoms with Gasteiger partial charge in [-0.15, -0.1) is 0 Å². The molecule has 2 aromatic carbocycles. The first-order valence-corrected chi connectivity index (χ1v) is 9.59. The molecule has 2 N–H and O–H groups in total. The van der Waals surface area contributed by atoms with Gasteiger partial charge >= 0.3 is 0 Å². The molecule has 2 rings (SSSR count). The normalized spacial score (nSPS) is 10.8. The number of carbonyl (C=O) groups excluding carboxylic acids is 1. The van der Waals surface area contributed by atoms with E-state index >= 15 is 0 Å². The average molecular weight is 569 g/mol. The average Bonchev–Trinajstić information content (AvgIpc) is 2.50. The van der Waals surface area contributed by atoms with Crippen LogP contribution in [0.1, 0.15) is 5.56 Å². The minimum absolute atomic E-state index is 0.114. The second-order valence-electron chi connectivity index (χ2n) is 4.45. The fourth-order valence-corrected chi connectivity index (χ4v) is 3.53. The molecule has 0 saturated carbocycles. The summed E-state index contributed by atoms with van der Waals surface area (Å²) in [5.74, 6) is -0.234. The lowest BCUT2D eigenvalue weighted by Crippen LogP contribution is -2.26. The van der Waals surface area contributed by atoms with Crippen molar-refractivity contribution in [3.63, 3.8) is 0 Å². The summed E-state index contributed by atoms with van der Waals surface area (Å²) in [6.07, 6.45) is 1.59. The molecular formula is C15H11Br4N3O. The number of nitrogens with zero attached hydrogens (tertiary/aromatic N) is 1. The molecule has 2 aromatic rings. The number of benzene rings is 2. The van der Waals surface area contributed by atoms with Crippen molar-refractivity contribution in [1.82, 2.24) is 5.43 Å². The van der Waals surface area contributed by atoms with E-state index in [1.165, 1.54) is 0 Å². The quantitative estimate of drug-likeness (QED) is 0.292. The third-order valence-electron chi connectivity index (χ3n) is 2.70. The molecule has 0 spiro atoms. The Labute approximate surface area is 167 Å². The van der Waals surface area contributed by atoms with Crippen LogP contribution in [0.25, 0.3) is 0 Å². The molecular weight excluding hydrogens is 558 g/mol. The van der Waals surface area contributed by atoms with Crippen molar-refractivity contribution < 1.29 is 4.79 Å². The lowest BCUT2D eigenvalue weighted by Gasteiger charge is -2.09. The summed E-state index contributed by atoms with van der Waals surface area (Å²) in [5.41, 5.74) is 4.19. The van der Waals surface area contributed by atoms with Crippen molar-refractivity contribution >= 4 is 81.5 Å². The Bertz CT molecular complexity index is 749. The molecule has 120 valence electrons. The molecule has 0 fully saturated rings. The van der Waals surface area contributed by atoms with E-state index in [4.69, 9.17) is 0 Å². The number of rotatable bonds is 5. The molecule has 0 aliphatic heterocycles. The van der Waals surface area contributed by atoms with Crippen molar-refractivity contribution in [2.75, 3.05) is 11.9 Å². The van der Waals surface area contributed by atoms with E-state index in [9.17, 15) is 4.79 Å². The van der Waals surface area contributed by atoms with Crippen molar-refractivity contribution in [1.29, 1.82) is 0 Å². The minimum Gasteiger partial charge on any atom is -0.375 e. The van der Waals surface area contributed by atoms with E-state index in [0.29, 0.717) is 0 Å². The van der Waals surface area contributed by atoms with Gasteiger partial charge in [0.2, 0.25) is 0 Å². The highest BCUT2D eigenvalue weighted by molar-refractivity contribution is 9.13. The molecule has 0 saturated heterocycles. The predicted molar refractivity (Wildman–Crippen MR) is 108 cm³/mol. The molecule has 0 heterocycles. The van der Waals surface area contributed by atoms with E-state index in [0.717, 1.165) is 29.1 Å². The lowest BCUT2D eigenvalue weighted by atomic mass is 10.2. The third kappa shape index (κ3) is 6.02. The van der Waals surface area contributed by atoms with Gasteiger partial charge in [0.05, 0.1) is 18.4 Å². The molecule has 23 heavy (non-hydrogen) atoms. The van der Waals surface area contributed by atoms with E-state index < -0.39 is 0 Å². The van der Waals surface area contributed by atoms with Crippen LogP contribution in [0.5, 0.6) is 0 Å². The van der Waals surface area contributed by atoms with Crippen LogP contribution in [-0.4, -0.2) is 18.7 Å². The largest absolute Gasteiger partial charge is 0.375 e. The van der Waals surface area contributed by atoms with Gasteiger partial charge < -0.3 is 5.32 Å². The molecule has 4 nitrogen and oxygen atoms in total. The van der Waals surface area contributed by atoms with Crippen molar-refractivity contribution in [3.05, 3.63) is 59.9 Å². The molecule has 0 radical (unpaired) electrons. The number of hydrogen-bond acceptors (Lipinski definition) is 3. The lowest BCUT2D eigenvalue weighted by molar-refractivity contribution is -0.119. The first-order valence-electron chi connectivity index (χ1n) is 6.41. The Morgan fingerprint density at radius 1 is 1.04 bits per heavy atom. The minimum atomic E-state index is -0.234. The Hall–Kier alpha value is -0.700. The zero-order valence-corrected chi connectivity index (χ0v) is 18.0. The molecule has 8 heteroatoms. The predicted octanol–water partition coefficient (Wildman–Crippen LogP) is 5.30. The number of carbonyl (C=O) groups is 1. The van der Waals surface area contributed by atoms with Gasteiger partial charge in [-0.3, -0.25) is 4.79 Å². The van der Waals surface area contributed by atoms with Gasteiger partial charge in [0.15, 0.2) is 0 Å². The number of nitrogens with one attached hydrogen (secondary N) is 2. The maximum absolute atomic E-state index is 11.8. The number of amides is 1. The van der Waals surface area contributed by atoms with Crippen molar-refractivity contribution in [2.24, 2.45) is 5.10 Å². The maximum atomic E-state index is 11.8. The van der Waals surface area contributed by atoms with E-state index in [1.807, 2.05) is 36.4 Å². The molecule has 0 aliphatic carbocycles. The second-order valence-corrected chi connectivity index (χ2v) is 7.93. The van der Waals surface area contributed by atoms with Crippen LogP contribution in [0.2, 0.25) is 0 Å². The summed E-state index contributed by atoms with van der Waals surface area (Å²) in [7, 11) is 0.